The Labute approximate surface area is 115 Å². The predicted octanol–water partition coefficient (Wildman–Crippen LogP) is 3.86. The molecule has 1 N–H and O–H groups in total. The standard InChI is InChI=1S/C15H26N2S/c1-11-12(2)18-15(17-11)10-14(16-3)9-13-7-5-4-6-8-13/h13-14,16H,4-10H2,1-3H3. The first-order valence-electron chi connectivity index (χ1n) is 7.29. The number of thiazole rings is 1. The molecule has 0 amide bonds. The lowest BCUT2D eigenvalue weighted by Crippen LogP contribution is -2.30. The summed E-state index contributed by atoms with van der Waals surface area (Å²) in [6.07, 6.45) is 9.64. The van der Waals surface area contributed by atoms with E-state index in [1.165, 1.54) is 54.1 Å². The van der Waals surface area contributed by atoms with Gasteiger partial charge in [0.1, 0.15) is 0 Å². The molecule has 102 valence electrons. The van der Waals surface area contributed by atoms with Gasteiger partial charge in [-0.1, -0.05) is 32.1 Å². The number of hydrogen-bond acceptors (Lipinski definition) is 3. The summed E-state index contributed by atoms with van der Waals surface area (Å²) in [6.45, 7) is 4.29. The molecule has 18 heavy (non-hydrogen) atoms. The summed E-state index contributed by atoms with van der Waals surface area (Å²) in [5.41, 5.74) is 1.21. The van der Waals surface area contributed by atoms with Crippen LogP contribution >= 0.6 is 11.3 Å². The van der Waals surface area contributed by atoms with Crippen molar-refractivity contribution >= 4 is 11.3 Å². The van der Waals surface area contributed by atoms with E-state index in [4.69, 9.17) is 0 Å². The zero-order chi connectivity index (χ0) is 13.0. The van der Waals surface area contributed by atoms with Gasteiger partial charge in [0.25, 0.3) is 0 Å². The summed E-state index contributed by atoms with van der Waals surface area (Å²) in [6, 6.07) is 0.609. The molecule has 1 aromatic rings. The largest absolute Gasteiger partial charge is 0.317 e. The lowest BCUT2D eigenvalue weighted by molar-refractivity contribution is 0.302. The Balaban J connectivity index is 1.88. The van der Waals surface area contributed by atoms with Crippen LogP contribution in [-0.2, 0) is 6.42 Å². The molecular weight excluding hydrogens is 240 g/mol. The van der Waals surface area contributed by atoms with E-state index >= 15 is 0 Å². The van der Waals surface area contributed by atoms with E-state index in [0.717, 1.165) is 12.3 Å². The van der Waals surface area contributed by atoms with Crippen LogP contribution in [0.4, 0.5) is 0 Å². The molecule has 1 aromatic heterocycles. The van der Waals surface area contributed by atoms with Gasteiger partial charge in [-0.25, -0.2) is 4.98 Å². The quantitative estimate of drug-likeness (QED) is 0.875. The van der Waals surface area contributed by atoms with Gasteiger partial charge in [0, 0.05) is 17.3 Å². The van der Waals surface area contributed by atoms with E-state index in [2.05, 4.69) is 31.2 Å². The van der Waals surface area contributed by atoms with E-state index in [0.29, 0.717) is 6.04 Å². The number of rotatable bonds is 5. The van der Waals surface area contributed by atoms with Crippen LogP contribution in [0.5, 0.6) is 0 Å². The van der Waals surface area contributed by atoms with Crippen LogP contribution in [0.2, 0.25) is 0 Å². The molecule has 0 spiro atoms. The molecule has 0 saturated heterocycles. The molecule has 1 aliphatic carbocycles. The molecule has 1 unspecified atom stereocenters. The molecule has 0 radical (unpaired) electrons. The highest BCUT2D eigenvalue weighted by atomic mass is 32.1. The van der Waals surface area contributed by atoms with Crippen molar-refractivity contribution in [2.45, 2.75) is 64.8 Å². The minimum atomic E-state index is 0.609. The zero-order valence-electron chi connectivity index (χ0n) is 12.0. The topological polar surface area (TPSA) is 24.9 Å². The Bertz CT molecular complexity index is 347. The van der Waals surface area contributed by atoms with Gasteiger partial charge in [-0.2, -0.15) is 0 Å². The van der Waals surface area contributed by atoms with Crippen molar-refractivity contribution in [1.82, 2.24) is 10.3 Å². The highest BCUT2D eigenvalue weighted by Crippen LogP contribution is 2.28. The van der Waals surface area contributed by atoms with E-state index in [-0.39, 0.29) is 0 Å². The van der Waals surface area contributed by atoms with Crippen LogP contribution in [0.15, 0.2) is 0 Å². The minimum absolute atomic E-state index is 0.609. The average Bonchev–Trinajstić information content (AvgIpc) is 2.69. The number of hydrogen-bond donors (Lipinski definition) is 1. The van der Waals surface area contributed by atoms with Crippen molar-refractivity contribution in [1.29, 1.82) is 0 Å². The van der Waals surface area contributed by atoms with Crippen molar-refractivity contribution in [2.75, 3.05) is 7.05 Å². The number of aromatic nitrogens is 1. The lowest BCUT2D eigenvalue weighted by atomic mass is 9.84. The monoisotopic (exact) mass is 266 g/mol. The molecule has 2 rings (SSSR count). The maximum atomic E-state index is 4.67. The third-order valence-corrected chi connectivity index (χ3v) is 5.34. The molecule has 1 aliphatic rings. The number of aryl methyl sites for hydroxylation is 2. The smallest absolute Gasteiger partial charge is 0.0946 e. The third-order valence-electron chi connectivity index (χ3n) is 4.24. The second-order valence-electron chi connectivity index (χ2n) is 5.68. The van der Waals surface area contributed by atoms with Crippen LogP contribution in [-0.4, -0.2) is 18.1 Å². The van der Waals surface area contributed by atoms with Crippen LogP contribution in [0.25, 0.3) is 0 Å². The lowest BCUT2D eigenvalue weighted by Gasteiger charge is -2.26. The van der Waals surface area contributed by atoms with E-state index in [1.807, 2.05) is 11.3 Å². The summed E-state index contributed by atoms with van der Waals surface area (Å²) in [5.74, 6) is 0.943. The Morgan fingerprint density at radius 2 is 2.00 bits per heavy atom. The van der Waals surface area contributed by atoms with Gasteiger partial charge in [0.15, 0.2) is 0 Å². The van der Waals surface area contributed by atoms with Crippen molar-refractivity contribution in [3.8, 4) is 0 Å². The summed E-state index contributed by atoms with van der Waals surface area (Å²) in [7, 11) is 2.10. The second-order valence-corrected chi connectivity index (χ2v) is 6.97. The van der Waals surface area contributed by atoms with Crippen molar-refractivity contribution in [2.24, 2.45) is 5.92 Å². The maximum Gasteiger partial charge on any atom is 0.0946 e. The maximum absolute atomic E-state index is 4.67. The molecule has 1 fully saturated rings. The molecule has 2 nitrogen and oxygen atoms in total. The van der Waals surface area contributed by atoms with Gasteiger partial charge in [-0.15, -0.1) is 11.3 Å². The van der Waals surface area contributed by atoms with Crippen molar-refractivity contribution < 1.29 is 0 Å². The van der Waals surface area contributed by atoms with E-state index in [9.17, 15) is 0 Å². The minimum Gasteiger partial charge on any atom is -0.317 e. The summed E-state index contributed by atoms with van der Waals surface area (Å²) in [5, 5.41) is 4.80. The summed E-state index contributed by atoms with van der Waals surface area (Å²) in [4.78, 5) is 6.04. The zero-order valence-corrected chi connectivity index (χ0v) is 12.8. The highest BCUT2D eigenvalue weighted by Gasteiger charge is 2.19. The van der Waals surface area contributed by atoms with E-state index < -0.39 is 0 Å². The van der Waals surface area contributed by atoms with Crippen LogP contribution in [0.3, 0.4) is 0 Å². The highest BCUT2D eigenvalue weighted by molar-refractivity contribution is 7.11. The fraction of sp³-hybridized carbons (Fsp3) is 0.800. The second kappa shape index (κ2) is 6.67. The van der Waals surface area contributed by atoms with Gasteiger partial charge in [0.2, 0.25) is 0 Å². The summed E-state index contributed by atoms with van der Waals surface area (Å²) < 4.78 is 0. The van der Waals surface area contributed by atoms with Crippen LogP contribution in [0.1, 0.15) is 54.1 Å². The Morgan fingerprint density at radius 3 is 2.56 bits per heavy atom. The fourth-order valence-corrected chi connectivity index (χ4v) is 3.98. The van der Waals surface area contributed by atoms with Crippen LogP contribution < -0.4 is 5.32 Å². The molecule has 0 bridgehead atoms. The third kappa shape index (κ3) is 3.79. The molecule has 1 heterocycles. The van der Waals surface area contributed by atoms with Gasteiger partial charge in [0.05, 0.1) is 10.7 Å². The normalized spacial score (nSPS) is 19.1. The molecule has 1 atom stereocenters. The van der Waals surface area contributed by atoms with Gasteiger partial charge in [-0.3, -0.25) is 0 Å². The van der Waals surface area contributed by atoms with Crippen molar-refractivity contribution in [3.05, 3.63) is 15.6 Å². The first kappa shape index (κ1) is 14.0. The molecular formula is C15H26N2S. The fourth-order valence-electron chi connectivity index (χ4n) is 2.97. The van der Waals surface area contributed by atoms with E-state index in [1.54, 1.807) is 0 Å². The Hall–Kier alpha value is -0.410. The average molecular weight is 266 g/mol. The van der Waals surface area contributed by atoms with Gasteiger partial charge < -0.3 is 5.32 Å². The molecule has 0 aromatic carbocycles. The Morgan fingerprint density at radius 1 is 1.28 bits per heavy atom. The number of nitrogens with zero attached hydrogens (tertiary/aromatic N) is 1. The van der Waals surface area contributed by atoms with Crippen LogP contribution in [0, 0.1) is 19.8 Å². The first-order chi connectivity index (χ1) is 8.69. The number of likely N-dealkylation sites (N-methyl/N-ethyl adjacent to an activating group) is 1. The van der Waals surface area contributed by atoms with Gasteiger partial charge >= 0.3 is 0 Å². The molecule has 3 heteroatoms. The Kier molecular flexibility index (Phi) is 5.19. The first-order valence-corrected chi connectivity index (χ1v) is 8.11. The SMILES string of the molecule is CNC(Cc1nc(C)c(C)s1)CC1CCCCC1. The number of nitrogens with one attached hydrogen (secondary N) is 1. The van der Waals surface area contributed by atoms with Crippen molar-refractivity contribution in [3.63, 3.8) is 0 Å². The predicted molar refractivity (Wildman–Crippen MR) is 79.3 cm³/mol. The molecule has 1 saturated carbocycles. The summed E-state index contributed by atoms with van der Waals surface area (Å²) >= 11 is 1.87. The molecule has 0 aliphatic heterocycles. The van der Waals surface area contributed by atoms with Gasteiger partial charge in [-0.05, 0) is 33.2 Å².